The van der Waals surface area contributed by atoms with Crippen LogP contribution >= 0.6 is 15.9 Å². The van der Waals surface area contributed by atoms with E-state index >= 15 is 0 Å². The Labute approximate surface area is 132 Å². The first-order chi connectivity index (χ1) is 9.99. The molecule has 1 saturated carbocycles. The number of anilines is 1. The van der Waals surface area contributed by atoms with E-state index in [9.17, 15) is 9.59 Å². The lowest BCUT2D eigenvalue weighted by Gasteiger charge is -2.21. The summed E-state index contributed by atoms with van der Waals surface area (Å²) in [6, 6.07) is 3.98. The van der Waals surface area contributed by atoms with Crippen LogP contribution < -0.4 is 4.90 Å². The average Bonchev–Trinajstić information content (AvgIpc) is 3.06. The summed E-state index contributed by atoms with van der Waals surface area (Å²) in [6.45, 7) is 3.96. The molecule has 4 atom stereocenters. The van der Waals surface area contributed by atoms with E-state index in [2.05, 4.69) is 28.1 Å². The SMILES string of the molecule is Cc1cc(C)c(N2C(=O)C3C4C=CC(C4)C3C2=O)c(Br)c1. The van der Waals surface area contributed by atoms with Gasteiger partial charge in [0.25, 0.3) is 0 Å². The number of benzene rings is 1. The molecule has 2 bridgehead atoms. The van der Waals surface area contributed by atoms with E-state index in [1.54, 1.807) is 0 Å². The van der Waals surface area contributed by atoms with Gasteiger partial charge in [0.1, 0.15) is 0 Å². The highest BCUT2D eigenvalue weighted by Gasteiger charge is 2.59. The highest BCUT2D eigenvalue weighted by atomic mass is 79.9. The third kappa shape index (κ3) is 1.65. The summed E-state index contributed by atoms with van der Waals surface area (Å²) >= 11 is 3.53. The fourth-order valence-corrected chi connectivity index (χ4v) is 5.17. The summed E-state index contributed by atoms with van der Waals surface area (Å²) in [5.74, 6) is 0.196. The minimum Gasteiger partial charge on any atom is -0.274 e. The monoisotopic (exact) mass is 345 g/mol. The molecule has 4 rings (SSSR count). The number of hydrogen-bond donors (Lipinski definition) is 0. The zero-order chi connectivity index (χ0) is 14.9. The second-order valence-corrected chi connectivity index (χ2v) is 7.28. The summed E-state index contributed by atoms with van der Waals surface area (Å²) in [7, 11) is 0. The molecule has 21 heavy (non-hydrogen) atoms. The molecule has 4 heteroatoms. The van der Waals surface area contributed by atoms with Crippen molar-refractivity contribution in [3.8, 4) is 0 Å². The minimum absolute atomic E-state index is 0.0190. The van der Waals surface area contributed by atoms with Crippen molar-refractivity contribution >= 4 is 33.4 Å². The van der Waals surface area contributed by atoms with Crippen LogP contribution in [0.15, 0.2) is 28.8 Å². The van der Waals surface area contributed by atoms with Crippen molar-refractivity contribution in [2.24, 2.45) is 23.7 Å². The minimum atomic E-state index is -0.139. The van der Waals surface area contributed by atoms with Crippen LogP contribution in [0.3, 0.4) is 0 Å². The van der Waals surface area contributed by atoms with Crippen molar-refractivity contribution in [2.45, 2.75) is 20.3 Å². The van der Waals surface area contributed by atoms with Crippen LogP contribution in [-0.2, 0) is 9.59 Å². The lowest BCUT2D eigenvalue weighted by molar-refractivity contribution is -0.123. The summed E-state index contributed by atoms with van der Waals surface area (Å²) in [5, 5.41) is 0. The average molecular weight is 346 g/mol. The van der Waals surface area contributed by atoms with Crippen molar-refractivity contribution in [3.63, 3.8) is 0 Å². The van der Waals surface area contributed by atoms with Gasteiger partial charge < -0.3 is 0 Å². The van der Waals surface area contributed by atoms with Crippen molar-refractivity contribution in [1.82, 2.24) is 0 Å². The van der Waals surface area contributed by atoms with E-state index in [0.29, 0.717) is 0 Å². The van der Waals surface area contributed by atoms with Crippen molar-refractivity contribution < 1.29 is 9.59 Å². The van der Waals surface area contributed by atoms with E-state index in [0.717, 1.165) is 27.7 Å². The maximum Gasteiger partial charge on any atom is 0.238 e. The van der Waals surface area contributed by atoms with E-state index in [1.807, 2.05) is 26.0 Å². The Bertz CT molecular complexity index is 656. The molecule has 0 radical (unpaired) electrons. The first-order valence-corrected chi connectivity index (χ1v) is 8.11. The molecule has 1 aromatic carbocycles. The molecule has 1 aliphatic heterocycles. The van der Waals surface area contributed by atoms with E-state index < -0.39 is 0 Å². The Kier molecular flexibility index (Phi) is 2.71. The summed E-state index contributed by atoms with van der Waals surface area (Å²) in [4.78, 5) is 27.1. The van der Waals surface area contributed by atoms with E-state index in [1.165, 1.54) is 4.90 Å². The van der Waals surface area contributed by atoms with Gasteiger partial charge in [-0.25, -0.2) is 4.90 Å². The smallest absolute Gasteiger partial charge is 0.238 e. The fourth-order valence-electron chi connectivity index (χ4n) is 4.31. The molecule has 2 aliphatic carbocycles. The first kappa shape index (κ1) is 13.3. The summed E-state index contributed by atoms with van der Waals surface area (Å²) in [6.07, 6.45) is 5.21. The third-order valence-electron chi connectivity index (χ3n) is 5.09. The van der Waals surface area contributed by atoms with Gasteiger partial charge in [-0.3, -0.25) is 9.59 Å². The Morgan fingerprint density at radius 3 is 2.14 bits per heavy atom. The van der Waals surface area contributed by atoms with Gasteiger partial charge in [0, 0.05) is 4.47 Å². The van der Waals surface area contributed by atoms with Gasteiger partial charge in [0.05, 0.1) is 17.5 Å². The Hall–Kier alpha value is -1.42. The number of fused-ring (bicyclic) bond motifs is 5. The Morgan fingerprint density at radius 2 is 1.62 bits per heavy atom. The van der Waals surface area contributed by atoms with Crippen molar-refractivity contribution in [3.05, 3.63) is 39.9 Å². The van der Waals surface area contributed by atoms with E-state index in [4.69, 9.17) is 0 Å². The summed E-state index contributed by atoms with van der Waals surface area (Å²) < 4.78 is 0.821. The van der Waals surface area contributed by atoms with Crippen LogP contribution in [0, 0.1) is 37.5 Å². The maximum atomic E-state index is 12.8. The molecular formula is C17H16BrNO2. The molecule has 2 amide bonds. The Morgan fingerprint density at radius 1 is 1.05 bits per heavy atom. The topological polar surface area (TPSA) is 37.4 Å². The molecule has 108 valence electrons. The number of allylic oxidation sites excluding steroid dienone is 2. The number of imide groups is 1. The van der Waals surface area contributed by atoms with Gasteiger partial charge in [0.15, 0.2) is 0 Å². The second-order valence-electron chi connectivity index (χ2n) is 6.42. The normalized spacial score (nSPS) is 33.2. The fraction of sp³-hybridized carbons (Fsp3) is 0.412. The Balaban J connectivity index is 1.82. The predicted octanol–water partition coefficient (Wildman–Crippen LogP) is 3.38. The molecule has 1 saturated heterocycles. The van der Waals surface area contributed by atoms with Gasteiger partial charge in [-0.1, -0.05) is 18.2 Å². The molecule has 0 N–H and O–H groups in total. The highest BCUT2D eigenvalue weighted by molar-refractivity contribution is 9.10. The van der Waals surface area contributed by atoms with Crippen LogP contribution in [-0.4, -0.2) is 11.8 Å². The van der Waals surface area contributed by atoms with Gasteiger partial charge in [0.2, 0.25) is 11.8 Å². The number of carbonyl (C=O) groups excluding carboxylic acids is 2. The number of carbonyl (C=O) groups is 2. The number of halogens is 1. The highest BCUT2D eigenvalue weighted by Crippen LogP contribution is 2.54. The van der Waals surface area contributed by atoms with Crippen molar-refractivity contribution in [1.29, 1.82) is 0 Å². The van der Waals surface area contributed by atoms with Crippen LogP contribution in [0.4, 0.5) is 5.69 Å². The van der Waals surface area contributed by atoms with Crippen LogP contribution in [0.25, 0.3) is 0 Å². The maximum absolute atomic E-state index is 12.8. The molecule has 0 spiro atoms. The van der Waals surface area contributed by atoms with E-state index in [-0.39, 0.29) is 35.5 Å². The predicted molar refractivity (Wildman–Crippen MR) is 83.8 cm³/mol. The molecule has 3 nitrogen and oxygen atoms in total. The molecule has 0 aromatic heterocycles. The number of nitrogens with zero attached hydrogens (tertiary/aromatic N) is 1. The van der Waals surface area contributed by atoms with Crippen molar-refractivity contribution in [2.75, 3.05) is 4.90 Å². The third-order valence-corrected chi connectivity index (χ3v) is 5.70. The zero-order valence-corrected chi connectivity index (χ0v) is 13.6. The lowest BCUT2D eigenvalue weighted by Crippen LogP contribution is -2.33. The quantitative estimate of drug-likeness (QED) is 0.578. The molecule has 1 heterocycles. The molecule has 4 unspecified atom stereocenters. The summed E-state index contributed by atoms with van der Waals surface area (Å²) in [5.41, 5.74) is 2.80. The van der Waals surface area contributed by atoms with Gasteiger partial charge in [-0.05, 0) is 65.2 Å². The van der Waals surface area contributed by atoms with Crippen LogP contribution in [0.2, 0.25) is 0 Å². The number of amides is 2. The second kappa shape index (κ2) is 4.29. The van der Waals surface area contributed by atoms with Gasteiger partial charge in [-0.2, -0.15) is 0 Å². The largest absolute Gasteiger partial charge is 0.274 e. The number of aryl methyl sites for hydroxylation is 2. The van der Waals surface area contributed by atoms with Crippen LogP contribution in [0.5, 0.6) is 0 Å². The standard InChI is InChI=1S/C17H16BrNO2/c1-8-5-9(2)15(12(18)6-8)19-16(20)13-10-3-4-11(7-10)14(13)17(19)21/h3-6,10-11,13-14H,7H2,1-2H3. The lowest BCUT2D eigenvalue weighted by atomic mass is 9.85. The number of hydrogen-bond acceptors (Lipinski definition) is 2. The van der Waals surface area contributed by atoms with Gasteiger partial charge >= 0.3 is 0 Å². The first-order valence-electron chi connectivity index (χ1n) is 7.32. The van der Waals surface area contributed by atoms with Crippen LogP contribution in [0.1, 0.15) is 17.5 Å². The molecule has 1 aromatic rings. The number of rotatable bonds is 1. The van der Waals surface area contributed by atoms with Gasteiger partial charge in [-0.15, -0.1) is 0 Å². The molecule has 3 aliphatic rings. The zero-order valence-electron chi connectivity index (χ0n) is 12.0. The molecule has 2 fully saturated rings. The molecular weight excluding hydrogens is 330 g/mol.